The lowest BCUT2D eigenvalue weighted by Gasteiger charge is -2.41. The maximum Gasteiger partial charge on any atom is 0.321 e. The molecule has 1 saturated heterocycles. The molecule has 4 atom stereocenters. The second-order valence-electron chi connectivity index (χ2n) is 5.86. The van der Waals surface area contributed by atoms with Gasteiger partial charge >= 0.3 is 5.97 Å². The van der Waals surface area contributed by atoms with Gasteiger partial charge in [0.15, 0.2) is 0 Å². The highest BCUT2D eigenvalue weighted by Gasteiger charge is 2.39. The Morgan fingerprint density at radius 2 is 1.78 bits per heavy atom. The number of carboxylic acid groups (broad SMARTS) is 1. The summed E-state index contributed by atoms with van der Waals surface area (Å²) in [4.78, 5) is 24.3. The van der Waals surface area contributed by atoms with Crippen molar-refractivity contribution in [3.63, 3.8) is 0 Å². The second-order valence-corrected chi connectivity index (χ2v) is 5.86. The van der Waals surface area contributed by atoms with Crippen molar-refractivity contribution in [2.45, 2.75) is 37.6 Å². The number of carboxylic acids is 1. The lowest BCUT2D eigenvalue weighted by Crippen LogP contribution is -2.64. The molecule has 1 heterocycles. The zero-order valence-electron chi connectivity index (χ0n) is 12.9. The Bertz CT molecular complexity index is 539. The molecule has 1 aromatic carbocycles. The Labute approximate surface area is 134 Å². The molecule has 1 aromatic rings. The normalized spacial score (nSPS) is 26.5. The number of hydrogen-bond donors (Lipinski definition) is 4. The minimum absolute atomic E-state index is 0.0752. The molecular formula is C16H22N2O5. The first-order valence-corrected chi connectivity index (χ1v) is 7.52. The van der Waals surface area contributed by atoms with Gasteiger partial charge in [-0.1, -0.05) is 30.3 Å². The van der Waals surface area contributed by atoms with Crippen molar-refractivity contribution in [3.8, 4) is 0 Å². The average Bonchev–Trinajstić information content (AvgIpc) is 2.49. The van der Waals surface area contributed by atoms with Gasteiger partial charge in [-0.15, -0.1) is 0 Å². The van der Waals surface area contributed by atoms with Crippen molar-refractivity contribution in [2.24, 2.45) is 0 Å². The monoisotopic (exact) mass is 322 g/mol. The summed E-state index contributed by atoms with van der Waals surface area (Å²) < 4.78 is 0. The summed E-state index contributed by atoms with van der Waals surface area (Å²) in [6.45, 7) is 1.46. The van der Waals surface area contributed by atoms with Gasteiger partial charge in [-0.3, -0.25) is 14.5 Å². The molecule has 1 aliphatic heterocycles. The lowest BCUT2D eigenvalue weighted by atomic mass is 9.95. The van der Waals surface area contributed by atoms with E-state index in [1.807, 2.05) is 30.3 Å². The van der Waals surface area contributed by atoms with E-state index in [0.29, 0.717) is 0 Å². The van der Waals surface area contributed by atoms with Gasteiger partial charge in [-0.05, 0) is 12.0 Å². The van der Waals surface area contributed by atoms with E-state index in [0.717, 1.165) is 5.56 Å². The third-order valence-electron chi connectivity index (χ3n) is 4.04. The van der Waals surface area contributed by atoms with Crippen LogP contribution in [0.1, 0.15) is 12.5 Å². The fourth-order valence-corrected chi connectivity index (χ4v) is 2.93. The topological polar surface area (TPSA) is 110 Å². The molecule has 7 heteroatoms. The number of nitrogens with zero attached hydrogens (tertiary/aromatic N) is 1. The standard InChI is InChI=1S/C16H22N2O5/c1-10(19)17-15-13(20)8-18(9-14(15)21)12(16(22)23)7-11-5-3-2-4-6-11/h2-6,12-15,20-21H,7-9H2,1H3,(H,17,19)(H,22,23)/t12-,13-,14+,15?/m0/s1. The molecule has 0 aromatic heterocycles. The molecule has 2 rings (SSSR count). The van der Waals surface area contributed by atoms with E-state index in [4.69, 9.17) is 0 Å². The van der Waals surface area contributed by atoms with Crippen molar-refractivity contribution < 1.29 is 24.9 Å². The van der Waals surface area contributed by atoms with Crippen molar-refractivity contribution in [1.29, 1.82) is 0 Å². The molecule has 126 valence electrons. The van der Waals surface area contributed by atoms with Gasteiger partial charge in [0.2, 0.25) is 5.91 Å². The molecule has 7 nitrogen and oxygen atoms in total. The van der Waals surface area contributed by atoms with Crippen LogP contribution in [0.3, 0.4) is 0 Å². The van der Waals surface area contributed by atoms with Gasteiger partial charge in [-0.2, -0.15) is 0 Å². The summed E-state index contributed by atoms with van der Waals surface area (Å²) >= 11 is 0. The Morgan fingerprint density at radius 3 is 2.26 bits per heavy atom. The van der Waals surface area contributed by atoms with E-state index in [1.165, 1.54) is 6.92 Å². The first kappa shape index (κ1) is 17.4. The van der Waals surface area contributed by atoms with Crippen molar-refractivity contribution >= 4 is 11.9 Å². The molecule has 0 bridgehead atoms. The number of hydrogen-bond acceptors (Lipinski definition) is 5. The summed E-state index contributed by atoms with van der Waals surface area (Å²) in [5.74, 6) is -1.35. The number of carbonyl (C=O) groups excluding carboxylic acids is 1. The van der Waals surface area contributed by atoms with E-state index < -0.39 is 30.3 Å². The summed E-state index contributed by atoms with van der Waals surface area (Å²) in [7, 11) is 0. The highest BCUT2D eigenvalue weighted by Crippen LogP contribution is 2.18. The maximum absolute atomic E-state index is 11.6. The number of carbonyl (C=O) groups is 2. The minimum atomic E-state index is -1.03. The molecule has 1 unspecified atom stereocenters. The lowest BCUT2D eigenvalue weighted by molar-refractivity contribution is -0.147. The largest absolute Gasteiger partial charge is 0.480 e. The maximum atomic E-state index is 11.6. The molecule has 4 N–H and O–H groups in total. The van der Waals surface area contributed by atoms with Crippen LogP contribution >= 0.6 is 0 Å². The van der Waals surface area contributed by atoms with E-state index in [1.54, 1.807) is 4.90 Å². The Balaban J connectivity index is 2.09. The Morgan fingerprint density at radius 1 is 1.22 bits per heavy atom. The van der Waals surface area contributed by atoms with Crippen LogP contribution in [0.2, 0.25) is 0 Å². The van der Waals surface area contributed by atoms with Crippen LogP contribution in [0.5, 0.6) is 0 Å². The number of benzene rings is 1. The molecule has 0 aliphatic carbocycles. The van der Waals surface area contributed by atoms with E-state index in [2.05, 4.69) is 5.32 Å². The number of likely N-dealkylation sites (tertiary alicyclic amines) is 1. The summed E-state index contributed by atoms with van der Waals surface area (Å²) in [6.07, 6.45) is -1.78. The van der Waals surface area contributed by atoms with Crippen molar-refractivity contribution in [1.82, 2.24) is 10.2 Å². The van der Waals surface area contributed by atoms with Crippen LogP contribution in [0.4, 0.5) is 0 Å². The van der Waals surface area contributed by atoms with Crippen LogP contribution in [-0.4, -0.2) is 69.5 Å². The molecule has 1 aliphatic rings. The predicted molar refractivity (Wildman–Crippen MR) is 82.8 cm³/mol. The first-order valence-electron chi connectivity index (χ1n) is 7.52. The molecule has 1 amide bonds. The first-order chi connectivity index (χ1) is 10.9. The smallest absolute Gasteiger partial charge is 0.321 e. The third-order valence-corrected chi connectivity index (χ3v) is 4.04. The van der Waals surface area contributed by atoms with Crippen LogP contribution in [-0.2, 0) is 16.0 Å². The SMILES string of the molecule is CC(=O)NC1[C@H](O)CN([C@@H](Cc2ccccc2)C(=O)O)C[C@@H]1O. The van der Waals surface area contributed by atoms with Gasteiger partial charge in [0.25, 0.3) is 0 Å². The second kappa shape index (κ2) is 7.54. The fourth-order valence-electron chi connectivity index (χ4n) is 2.93. The van der Waals surface area contributed by atoms with Gasteiger partial charge in [0, 0.05) is 20.0 Å². The fraction of sp³-hybridized carbons (Fsp3) is 0.500. The summed E-state index contributed by atoms with van der Waals surface area (Å²) in [6, 6.07) is 7.57. The molecule has 0 spiro atoms. The molecule has 0 saturated carbocycles. The van der Waals surface area contributed by atoms with Crippen LogP contribution < -0.4 is 5.32 Å². The molecule has 1 fully saturated rings. The number of β-amino-alcohol motifs (C(OH)–C–C–N with tert-alkyl or cyclic N) is 2. The molecule has 0 radical (unpaired) electrons. The van der Waals surface area contributed by atoms with Crippen molar-refractivity contribution in [2.75, 3.05) is 13.1 Å². The zero-order chi connectivity index (χ0) is 17.0. The molecular weight excluding hydrogens is 300 g/mol. The number of aliphatic carboxylic acids is 1. The van der Waals surface area contributed by atoms with E-state index >= 15 is 0 Å². The number of amides is 1. The van der Waals surface area contributed by atoms with Gasteiger partial charge < -0.3 is 20.6 Å². The number of aliphatic hydroxyl groups excluding tert-OH is 2. The average molecular weight is 322 g/mol. The van der Waals surface area contributed by atoms with Gasteiger partial charge in [0.1, 0.15) is 6.04 Å². The van der Waals surface area contributed by atoms with Crippen LogP contribution in [0, 0.1) is 0 Å². The third kappa shape index (κ3) is 4.51. The van der Waals surface area contributed by atoms with Crippen LogP contribution in [0.25, 0.3) is 0 Å². The minimum Gasteiger partial charge on any atom is -0.480 e. The number of nitrogens with one attached hydrogen (secondary N) is 1. The zero-order valence-corrected chi connectivity index (χ0v) is 12.9. The number of piperidine rings is 1. The molecule has 23 heavy (non-hydrogen) atoms. The van der Waals surface area contributed by atoms with Crippen LogP contribution in [0.15, 0.2) is 30.3 Å². The van der Waals surface area contributed by atoms with Gasteiger partial charge in [-0.25, -0.2) is 0 Å². The van der Waals surface area contributed by atoms with Crippen molar-refractivity contribution in [3.05, 3.63) is 35.9 Å². The Hall–Kier alpha value is -1.96. The Kier molecular flexibility index (Phi) is 5.70. The highest BCUT2D eigenvalue weighted by molar-refractivity contribution is 5.74. The summed E-state index contributed by atoms with van der Waals surface area (Å²) in [5.41, 5.74) is 0.868. The summed E-state index contributed by atoms with van der Waals surface area (Å²) in [5, 5.41) is 32.3. The van der Waals surface area contributed by atoms with Gasteiger partial charge in [0.05, 0.1) is 18.2 Å². The quantitative estimate of drug-likeness (QED) is 0.566. The predicted octanol–water partition coefficient (Wildman–Crippen LogP) is -0.776. The van der Waals surface area contributed by atoms with E-state index in [-0.39, 0.29) is 25.4 Å². The number of rotatable bonds is 5. The van der Waals surface area contributed by atoms with E-state index in [9.17, 15) is 24.9 Å². The number of aliphatic hydroxyl groups is 2. The highest BCUT2D eigenvalue weighted by atomic mass is 16.4.